The molecule has 0 fully saturated rings. The summed E-state index contributed by atoms with van der Waals surface area (Å²) in [6, 6.07) is 20.9. The van der Waals surface area contributed by atoms with Gasteiger partial charge in [0.05, 0.1) is 44.5 Å². The Balaban J connectivity index is 0.821. The van der Waals surface area contributed by atoms with E-state index in [-0.39, 0.29) is 63.5 Å². The Labute approximate surface area is 311 Å². The lowest BCUT2D eigenvalue weighted by Gasteiger charge is -2.15. The van der Waals surface area contributed by atoms with Gasteiger partial charge in [0.25, 0.3) is 47.3 Å². The number of nitrogens with one attached hydrogen (secondary N) is 1. The molecule has 1 aromatic heterocycles. The van der Waals surface area contributed by atoms with Crippen molar-refractivity contribution in [3.8, 4) is 22.3 Å². The number of rotatable bonds is 9. The molecule has 0 unspecified atom stereocenters. The van der Waals surface area contributed by atoms with Gasteiger partial charge in [-0.2, -0.15) is 0 Å². The molecule has 8 amide bonds. The summed E-state index contributed by atoms with van der Waals surface area (Å²) in [5.74, 6) is -3.80. The Morgan fingerprint density at radius 1 is 0.418 bits per heavy atom. The number of nitrogens with zero attached hydrogens (tertiary/aromatic N) is 5. The summed E-state index contributed by atoms with van der Waals surface area (Å²) in [6.07, 6.45) is 4.30. The number of anilines is 1. The quantitative estimate of drug-likeness (QED) is 0.167. The maximum absolute atomic E-state index is 13.4. The van der Waals surface area contributed by atoms with Gasteiger partial charge in [0.2, 0.25) is 5.95 Å². The number of carbonyl (C=O) groups is 8. The largest absolute Gasteiger partial charge is 0.288 e. The Bertz CT molecular complexity index is 2640. The van der Waals surface area contributed by atoms with Gasteiger partial charge in [-0.05, 0) is 96.1 Å². The maximum atomic E-state index is 13.4. The molecule has 0 aliphatic carbocycles. The number of benzene rings is 4. The van der Waals surface area contributed by atoms with Crippen LogP contribution in [0.5, 0.6) is 0 Å². The van der Waals surface area contributed by atoms with Gasteiger partial charge in [-0.3, -0.25) is 53.5 Å². The van der Waals surface area contributed by atoms with E-state index in [4.69, 9.17) is 0 Å². The highest BCUT2D eigenvalue weighted by molar-refractivity contribution is 6.34. The molecule has 0 saturated carbocycles. The van der Waals surface area contributed by atoms with Crippen LogP contribution in [0, 0.1) is 0 Å². The summed E-state index contributed by atoms with van der Waals surface area (Å²) in [6.45, 7) is 0.295. The van der Waals surface area contributed by atoms with Crippen LogP contribution in [-0.2, 0) is 0 Å². The molecule has 4 aliphatic heterocycles. The van der Waals surface area contributed by atoms with Crippen LogP contribution in [0.4, 0.5) is 5.95 Å². The first-order chi connectivity index (χ1) is 26.6. The highest BCUT2D eigenvalue weighted by Crippen LogP contribution is 2.34. The monoisotopic (exact) mass is 730 g/mol. The number of fused-ring (bicyclic) bond motifs is 4. The van der Waals surface area contributed by atoms with E-state index in [1.54, 1.807) is 78.9 Å². The fraction of sp³-hybridized carbons (Fsp3) is 0.122. The second kappa shape index (κ2) is 12.6. The number of hydrogen-bond acceptors (Lipinski definition) is 10. The van der Waals surface area contributed by atoms with Crippen molar-refractivity contribution in [1.29, 1.82) is 0 Å². The molecule has 0 saturated heterocycles. The number of hydrogen-bond donors (Lipinski definition) is 1. The minimum absolute atomic E-state index is 0.0262. The zero-order valence-corrected chi connectivity index (χ0v) is 28.7. The van der Waals surface area contributed by atoms with Crippen molar-refractivity contribution in [3.05, 3.63) is 136 Å². The van der Waals surface area contributed by atoms with Crippen molar-refractivity contribution in [3.63, 3.8) is 0 Å². The van der Waals surface area contributed by atoms with Gasteiger partial charge in [-0.15, -0.1) is 0 Å². The molecule has 55 heavy (non-hydrogen) atoms. The van der Waals surface area contributed by atoms with E-state index in [9.17, 15) is 38.4 Å². The molecular formula is C41H26N6O8. The maximum Gasteiger partial charge on any atom is 0.268 e. The standard InChI is InChI=1S/C41H26N6O8/c48-33-25-9-5-21(17-29(25)34(49)44-33)22-6-10-26-30(18-22)37(52)45(35(26)50)15-2-1-3-16-46-36(51)27-11-7-23(19-31(27)38(46)53)24-8-12-28-32(20-24)40(55)47(39(28)54)41-42-13-4-14-43-41/h4-14,17-20H,1-3,15-16H2,(H,44,48,49). The van der Waals surface area contributed by atoms with Crippen molar-refractivity contribution < 1.29 is 38.4 Å². The Morgan fingerprint density at radius 2 is 0.800 bits per heavy atom. The molecule has 9 rings (SSSR count). The van der Waals surface area contributed by atoms with Gasteiger partial charge < -0.3 is 0 Å². The summed E-state index contributed by atoms with van der Waals surface area (Å²) in [4.78, 5) is 115. The Morgan fingerprint density at radius 3 is 1.31 bits per heavy atom. The third kappa shape index (κ3) is 5.25. The van der Waals surface area contributed by atoms with Crippen molar-refractivity contribution in [2.75, 3.05) is 18.0 Å². The molecule has 1 N–H and O–H groups in total. The fourth-order valence-corrected chi connectivity index (χ4v) is 7.42. The van der Waals surface area contributed by atoms with E-state index in [1.807, 2.05) is 0 Å². The van der Waals surface area contributed by atoms with Crippen molar-refractivity contribution in [1.82, 2.24) is 25.1 Å². The van der Waals surface area contributed by atoms with Gasteiger partial charge in [0, 0.05) is 25.5 Å². The molecule has 14 nitrogen and oxygen atoms in total. The highest BCUT2D eigenvalue weighted by Gasteiger charge is 2.40. The molecule has 4 aliphatic rings. The summed E-state index contributed by atoms with van der Waals surface area (Å²) in [5.41, 5.74) is 4.34. The molecular weight excluding hydrogens is 704 g/mol. The van der Waals surface area contributed by atoms with Gasteiger partial charge in [0.15, 0.2) is 0 Å². The first kappa shape index (κ1) is 33.4. The van der Waals surface area contributed by atoms with Gasteiger partial charge in [-0.25, -0.2) is 14.9 Å². The first-order valence-corrected chi connectivity index (χ1v) is 17.4. The summed E-state index contributed by atoms with van der Waals surface area (Å²) in [7, 11) is 0. The third-order valence-electron chi connectivity index (χ3n) is 10.2. The van der Waals surface area contributed by atoms with Crippen LogP contribution in [0.15, 0.2) is 91.3 Å². The Hall–Kier alpha value is -7.48. The summed E-state index contributed by atoms with van der Waals surface area (Å²) in [5, 5.41) is 2.26. The first-order valence-electron chi connectivity index (χ1n) is 17.4. The van der Waals surface area contributed by atoms with E-state index in [2.05, 4.69) is 15.3 Å². The van der Waals surface area contributed by atoms with Crippen LogP contribution in [-0.4, -0.2) is 80.1 Å². The molecule has 5 aromatic rings. The smallest absolute Gasteiger partial charge is 0.268 e. The number of unbranched alkanes of at least 4 members (excludes halogenated alkanes) is 2. The highest BCUT2D eigenvalue weighted by atomic mass is 16.2. The minimum atomic E-state index is -0.563. The van der Waals surface area contributed by atoms with E-state index >= 15 is 0 Å². The predicted molar refractivity (Wildman–Crippen MR) is 193 cm³/mol. The molecule has 4 aromatic carbocycles. The SMILES string of the molecule is O=C1NC(=O)c2cc(-c3ccc4c(c3)C(=O)N(CCCCCN3C(=O)c5ccc(-c6ccc7c(c6)C(=O)N(c6ncccn6)C7=O)cc5C3=O)C4=O)ccc21. The van der Waals surface area contributed by atoms with Crippen LogP contribution in [0.2, 0.25) is 0 Å². The molecule has 268 valence electrons. The van der Waals surface area contributed by atoms with E-state index < -0.39 is 47.3 Å². The Kier molecular flexibility index (Phi) is 7.63. The van der Waals surface area contributed by atoms with Crippen molar-refractivity contribution in [2.45, 2.75) is 19.3 Å². The topological polar surface area (TPSA) is 184 Å². The average molecular weight is 731 g/mol. The summed E-state index contributed by atoms with van der Waals surface area (Å²) >= 11 is 0. The van der Waals surface area contributed by atoms with Gasteiger partial charge >= 0.3 is 0 Å². The number of carbonyl (C=O) groups excluding carboxylic acids is 8. The fourth-order valence-electron chi connectivity index (χ4n) is 7.42. The van der Waals surface area contributed by atoms with Crippen LogP contribution in [0.25, 0.3) is 22.3 Å². The number of imide groups is 4. The van der Waals surface area contributed by atoms with Crippen LogP contribution in [0.3, 0.4) is 0 Å². The molecule has 0 spiro atoms. The summed E-state index contributed by atoms with van der Waals surface area (Å²) < 4.78 is 0. The lowest BCUT2D eigenvalue weighted by Crippen LogP contribution is -2.32. The van der Waals surface area contributed by atoms with Crippen LogP contribution >= 0.6 is 0 Å². The molecule has 14 heteroatoms. The van der Waals surface area contributed by atoms with E-state index in [0.717, 1.165) is 4.90 Å². The average Bonchev–Trinajstić information content (AvgIpc) is 3.82. The lowest BCUT2D eigenvalue weighted by molar-refractivity contribution is 0.0647. The molecule has 0 bridgehead atoms. The zero-order valence-electron chi connectivity index (χ0n) is 28.7. The normalized spacial score (nSPS) is 15.6. The predicted octanol–water partition coefficient (Wildman–Crippen LogP) is 4.56. The van der Waals surface area contributed by atoms with Gasteiger partial charge in [0.1, 0.15) is 0 Å². The molecule has 5 heterocycles. The number of amides is 8. The minimum Gasteiger partial charge on any atom is -0.288 e. The van der Waals surface area contributed by atoms with Crippen molar-refractivity contribution in [2.24, 2.45) is 0 Å². The third-order valence-corrected chi connectivity index (χ3v) is 10.2. The van der Waals surface area contributed by atoms with Crippen LogP contribution in [0.1, 0.15) is 102 Å². The molecule has 0 atom stereocenters. The lowest BCUT2D eigenvalue weighted by atomic mass is 9.97. The van der Waals surface area contributed by atoms with Crippen LogP contribution < -0.4 is 10.2 Å². The van der Waals surface area contributed by atoms with E-state index in [1.165, 1.54) is 22.2 Å². The second-order valence-electron chi connectivity index (χ2n) is 13.4. The second-order valence-corrected chi connectivity index (χ2v) is 13.4. The number of aromatic nitrogens is 2. The molecule has 0 radical (unpaired) electrons. The van der Waals surface area contributed by atoms with Gasteiger partial charge in [-0.1, -0.05) is 24.3 Å². The van der Waals surface area contributed by atoms with E-state index in [0.29, 0.717) is 41.5 Å². The zero-order chi connectivity index (χ0) is 38.1. The van der Waals surface area contributed by atoms with Crippen molar-refractivity contribution >= 4 is 53.2 Å².